The minimum Gasteiger partial charge on any atom is -0.445 e. The van der Waals surface area contributed by atoms with Crippen LogP contribution in [0.15, 0.2) is 69.9 Å². The van der Waals surface area contributed by atoms with Crippen molar-refractivity contribution in [3.05, 3.63) is 106 Å². The molecule has 13 heteroatoms. The highest BCUT2D eigenvalue weighted by Crippen LogP contribution is 2.30. The molecule has 0 atom stereocenters. The normalized spacial score (nSPS) is 12.8. The first-order valence-corrected chi connectivity index (χ1v) is 12.5. The Bertz CT molecular complexity index is 1360. The Labute approximate surface area is 236 Å². The molecule has 2 aromatic carbocycles. The molecular formula is C29H25F6N3O4. The Balaban J connectivity index is 1.13. The summed E-state index contributed by atoms with van der Waals surface area (Å²) in [6.07, 6.45) is 0.258. The summed E-state index contributed by atoms with van der Waals surface area (Å²) in [5.74, 6) is 0.532. The number of rotatable bonds is 12. The van der Waals surface area contributed by atoms with E-state index in [-0.39, 0.29) is 38.2 Å². The van der Waals surface area contributed by atoms with Crippen LogP contribution in [-0.2, 0) is 35.0 Å². The van der Waals surface area contributed by atoms with Gasteiger partial charge in [-0.25, -0.2) is 9.97 Å². The van der Waals surface area contributed by atoms with Crippen LogP contribution in [-0.4, -0.2) is 29.2 Å². The average molecular weight is 594 g/mol. The van der Waals surface area contributed by atoms with Gasteiger partial charge in [0.05, 0.1) is 43.6 Å². The molecule has 0 spiro atoms. The molecule has 2 heterocycles. The van der Waals surface area contributed by atoms with Crippen LogP contribution in [0.2, 0.25) is 0 Å². The van der Waals surface area contributed by atoms with Gasteiger partial charge in [-0.3, -0.25) is 0 Å². The molecule has 0 unspecified atom stereocenters. The number of nitrogens with two attached hydrogens (primary N) is 1. The molecule has 7 nitrogen and oxygen atoms in total. The molecule has 2 aromatic heterocycles. The van der Waals surface area contributed by atoms with E-state index in [2.05, 4.69) is 9.97 Å². The third-order valence-corrected chi connectivity index (χ3v) is 5.62. The van der Waals surface area contributed by atoms with Gasteiger partial charge in [0, 0.05) is 12.2 Å². The van der Waals surface area contributed by atoms with E-state index in [1.54, 1.807) is 12.2 Å². The van der Waals surface area contributed by atoms with Gasteiger partial charge in [-0.05, 0) is 47.5 Å². The van der Waals surface area contributed by atoms with Crippen LogP contribution in [0.1, 0.15) is 45.4 Å². The fraction of sp³-hybridized carbons (Fsp3) is 0.241. The molecule has 0 fully saturated rings. The molecule has 42 heavy (non-hydrogen) atoms. The maximum atomic E-state index is 12.7. The smallest absolute Gasteiger partial charge is 0.416 e. The number of hydrogen-bond acceptors (Lipinski definition) is 7. The van der Waals surface area contributed by atoms with Gasteiger partial charge in [-0.1, -0.05) is 24.3 Å². The highest BCUT2D eigenvalue weighted by molar-refractivity contribution is 5.66. The zero-order valence-electron chi connectivity index (χ0n) is 21.9. The number of benzene rings is 2. The molecule has 0 radical (unpaired) electrons. The molecule has 0 aliphatic rings. The van der Waals surface area contributed by atoms with Crippen LogP contribution in [0.4, 0.5) is 26.3 Å². The van der Waals surface area contributed by atoms with Gasteiger partial charge in [0.2, 0.25) is 11.8 Å². The summed E-state index contributed by atoms with van der Waals surface area (Å²) >= 11 is 0. The minimum absolute atomic E-state index is 0.128. The highest BCUT2D eigenvalue weighted by Gasteiger charge is 2.30. The van der Waals surface area contributed by atoms with E-state index < -0.39 is 29.5 Å². The van der Waals surface area contributed by atoms with Gasteiger partial charge in [-0.2, -0.15) is 26.3 Å². The van der Waals surface area contributed by atoms with Crippen LogP contribution in [0.25, 0.3) is 24.3 Å². The van der Waals surface area contributed by atoms with E-state index >= 15 is 0 Å². The molecule has 0 bridgehead atoms. The van der Waals surface area contributed by atoms with Crippen molar-refractivity contribution in [1.82, 2.24) is 9.97 Å². The first kappa shape index (κ1) is 30.8. The van der Waals surface area contributed by atoms with E-state index in [1.807, 2.05) is 0 Å². The second-order valence-electron chi connectivity index (χ2n) is 9.05. The minimum atomic E-state index is -4.39. The molecular weight excluding hydrogens is 568 g/mol. The fourth-order valence-electron chi connectivity index (χ4n) is 3.51. The lowest BCUT2D eigenvalue weighted by Gasteiger charge is -2.11. The summed E-state index contributed by atoms with van der Waals surface area (Å²) in [4.78, 5) is 8.46. The van der Waals surface area contributed by atoms with E-state index in [0.717, 1.165) is 24.3 Å². The SMILES string of the molecule is NC(COCc1coc(/C=C/c2ccc(C(F)(F)F)cc2)n1)COCc1coc(/C=C/c2ccc(C(F)(F)F)cc2)n1. The van der Waals surface area contributed by atoms with Crippen molar-refractivity contribution in [2.45, 2.75) is 31.6 Å². The van der Waals surface area contributed by atoms with Gasteiger partial charge in [0.1, 0.15) is 23.9 Å². The molecule has 4 aromatic rings. The summed E-state index contributed by atoms with van der Waals surface area (Å²) in [6, 6.07) is 8.94. The number of ether oxygens (including phenoxy) is 2. The Morgan fingerprint density at radius 2 is 1.02 bits per heavy atom. The fourth-order valence-corrected chi connectivity index (χ4v) is 3.51. The summed E-state index contributed by atoms with van der Waals surface area (Å²) in [6.45, 7) is 0.597. The number of oxazole rings is 2. The first-order valence-electron chi connectivity index (χ1n) is 12.5. The zero-order chi connectivity index (χ0) is 30.2. The van der Waals surface area contributed by atoms with Crippen molar-refractivity contribution in [1.29, 1.82) is 0 Å². The summed E-state index contributed by atoms with van der Waals surface area (Å²) in [7, 11) is 0. The Morgan fingerprint density at radius 1 is 0.643 bits per heavy atom. The molecule has 222 valence electrons. The highest BCUT2D eigenvalue weighted by atomic mass is 19.4. The van der Waals surface area contributed by atoms with Crippen molar-refractivity contribution in [2.75, 3.05) is 13.2 Å². The van der Waals surface area contributed by atoms with Crippen molar-refractivity contribution in [3.8, 4) is 0 Å². The van der Waals surface area contributed by atoms with Crippen LogP contribution in [0.3, 0.4) is 0 Å². The molecule has 0 aliphatic heterocycles. The van der Waals surface area contributed by atoms with E-state index in [1.165, 1.54) is 48.9 Å². The molecule has 0 amide bonds. The number of halogens is 6. The first-order chi connectivity index (χ1) is 20.0. The third-order valence-electron chi connectivity index (χ3n) is 5.62. The monoisotopic (exact) mass is 593 g/mol. The van der Waals surface area contributed by atoms with E-state index in [9.17, 15) is 26.3 Å². The summed E-state index contributed by atoms with van der Waals surface area (Å²) < 4.78 is 97.7. The Kier molecular flexibility index (Phi) is 9.99. The van der Waals surface area contributed by atoms with Crippen LogP contribution in [0, 0.1) is 0 Å². The quantitative estimate of drug-likeness (QED) is 0.175. The van der Waals surface area contributed by atoms with Gasteiger partial charge in [-0.15, -0.1) is 0 Å². The predicted molar refractivity (Wildman–Crippen MR) is 141 cm³/mol. The van der Waals surface area contributed by atoms with Crippen molar-refractivity contribution < 1.29 is 44.7 Å². The number of alkyl halides is 6. The third kappa shape index (κ3) is 9.43. The number of aromatic nitrogens is 2. The Hall–Kier alpha value is -4.20. The number of hydrogen-bond donors (Lipinski definition) is 1. The predicted octanol–water partition coefficient (Wildman–Crippen LogP) is 7.10. The lowest BCUT2D eigenvalue weighted by molar-refractivity contribution is -0.138. The lowest BCUT2D eigenvalue weighted by atomic mass is 10.1. The zero-order valence-corrected chi connectivity index (χ0v) is 21.9. The second kappa shape index (κ2) is 13.6. The van der Waals surface area contributed by atoms with Crippen molar-refractivity contribution in [3.63, 3.8) is 0 Å². The van der Waals surface area contributed by atoms with Crippen LogP contribution >= 0.6 is 0 Å². The largest absolute Gasteiger partial charge is 0.445 e. The van der Waals surface area contributed by atoms with E-state index in [0.29, 0.717) is 22.5 Å². The average Bonchev–Trinajstić information content (AvgIpc) is 3.60. The van der Waals surface area contributed by atoms with Crippen LogP contribution < -0.4 is 5.73 Å². The molecule has 2 N–H and O–H groups in total. The maximum absolute atomic E-state index is 12.7. The molecule has 4 rings (SSSR count). The molecule has 0 aliphatic carbocycles. The lowest BCUT2D eigenvalue weighted by Crippen LogP contribution is -2.31. The number of nitrogens with zero attached hydrogens (tertiary/aromatic N) is 2. The van der Waals surface area contributed by atoms with Gasteiger partial charge in [0.15, 0.2) is 0 Å². The summed E-state index contributed by atoms with van der Waals surface area (Å²) in [5, 5.41) is 0. The van der Waals surface area contributed by atoms with Crippen molar-refractivity contribution >= 4 is 24.3 Å². The van der Waals surface area contributed by atoms with E-state index in [4.69, 9.17) is 24.0 Å². The van der Waals surface area contributed by atoms with Gasteiger partial charge < -0.3 is 24.0 Å². The molecule has 0 saturated heterocycles. The standard InChI is InChI=1S/C29H25F6N3O4/c30-28(31,32)21-7-1-19(2-8-21)5-11-26-37-24(17-41-26)15-39-13-23(36)14-40-16-25-18-42-27(38-25)12-6-20-3-9-22(10-4-20)29(33,34)35/h1-12,17-18,23H,13-16,36H2/b11-5+,12-6+. The van der Waals surface area contributed by atoms with Gasteiger partial charge >= 0.3 is 12.4 Å². The maximum Gasteiger partial charge on any atom is 0.416 e. The van der Waals surface area contributed by atoms with Gasteiger partial charge in [0.25, 0.3) is 0 Å². The van der Waals surface area contributed by atoms with Crippen molar-refractivity contribution in [2.24, 2.45) is 5.73 Å². The molecule has 0 saturated carbocycles. The van der Waals surface area contributed by atoms with Crippen LogP contribution in [0.5, 0.6) is 0 Å². The topological polar surface area (TPSA) is 96.5 Å². The Morgan fingerprint density at radius 3 is 1.38 bits per heavy atom. The second-order valence-corrected chi connectivity index (χ2v) is 9.05. The summed E-state index contributed by atoms with van der Waals surface area (Å²) in [5.41, 5.74) is 6.69.